The van der Waals surface area contributed by atoms with E-state index in [1.807, 2.05) is 72.5 Å². The molecule has 0 bridgehead atoms. The third kappa shape index (κ3) is 2.79. The zero-order valence-corrected chi connectivity index (χ0v) is 14.7. The molecule has 3 aromatic rings. The van der Waals surface area contributed by atoms with Gasteiger partial charge in [-0.05, 0) is 32.9 Å². The smallest absolute Gasteiger partial charge is 0.242 e. The molecule has 0 aliphatic rings. The first kappa shape index (κ1) is 16.2. The van der Waals surface area contributed by atoms with E-state index in [0.717, 1.165) is 41.2 Å². The van der Waals surface area contributed by atoms with Gasteiger partial charge in [0.25, 0.3) is 0 Å². The molecule has 24 heavy (non-hydrogen) atoms. The minimum absolute atomic E-state index is 0.109. The van der Waals surface area contributed by atoms with Crippen molar-refractivity contribution in [2.24, 2.45) is 0 Å². The fourth-order valence-electron chi connectivity index (χ4n) is 3.00. The van der Waals surface area contributed by atoms with Gasteiger partial charge in [0.1, 0.15) is 5.82 Å². The lowest BCUT2D eigenvalue weighted by molar-refractivity contribution is -0.129. The van der Waals surface area contributed by atoms with Gasteiger partial charge in [0, 0.05) is 31.6 Å². The Hall–Kier alpha value is -2.63. The van der Waals surface area contributed by atoms with Crippen molar-refractivity contribution in [3.8, 4) is 0 Å². The van der Waals surface area contributed by atoms with Crippen molar-refractivity contribution >= 4 is 28.3 Å². The summed E-state index contributed by atoms with van der Waals surface area (Å²) in [5.74, 6) is 0.913. The van der Waals surface area contributed by atoms with Crippen LogP contribution in [0.1, 0.15) is 19.5 Å². The Morgan fingerprint density at radius 3 is 2.62 bits per heavy atom. The Kier molecular flexibility index (Phi) is 4.38. The van der Waals surface area contributed by atoms with Gasteiger partial charge in [-0.3, -0.25) is 4.79 Å². The summed E-state index contributed by atoms with van der Waals surface area (Å²) in [7, 11) is 1.91. The van der Waals surface area contributed by atoms with Crippen LogP contribution in [0.3, 0.4) is 0 Å². The average Bonchev–Trinajstić information content (AvgIpc) is 2.95. The highest BCUT2D eigenvalue weighted by Crippen LogP contribution is 2.25. The summed E-state index contributed by atoms with van der Waals surface area (Å²) in [6.45, 7) is 7.70. The number of hydrogen-bond acceptors (Lipinski definition) is 4. The molecule has 6 heteroatoms. The van der Waals surface area contributed by atoms with Crippen molar-refractivity contribution < 1.29 is 4.79 Å². The molecule has 1 amide bonds. The minimum Gasteiger partial charge on any atom is -0.350 e. The van der Waals surface area contributed by atoms with Crippen LogP contribution in [-0.2, 0) is 4.79 Å². The summed E-state index contributed by atoms with van der Waals surface area (Å²) < 4.78 is 1.86. The molecule has 0 saturated heterocycles. The number of fused-ring (bicyclic) bond motifs is 3. The van der Waals surface area contributed by atoms with Gasteiger partial charge in [0.05, 0.1) is 17.8 Å². The Labute approximate surface area is 141 Å². The third-order valence-corrected chi connectivity index (χ3v) is 4.26. The normalized spacial score (nSPS) is 11.2. The number of para-hydroxylation sites is 1. The van der Waals surface area contributed by atoms with Gasteiger partial charge in [-0.25, -0.2) is 9.50 Å². The zero-order valence-electron chi connectivity index (χ0n) is 14.7. The number of nitrogens with zero attached hydrogens (tertiary/aromatic N) is 5. The minimum atomic E-state index is 0.109. The van der Waals surface area contributed by atoms with E-state index >= 15 is 0 Å². The monoisotopic (exact) mass is 325 g/mol. The number of aromatic nitrogens is 3. The first-order valence-electron chi connectivity index (χ1n) is 8.29. The van der Waals surface area contributed by atoms with Gasteiger partial charge in [0.2, 0.25) is 5.91 Å². The van der Waals surface area contributed by atoms with E-state index in [2.05, 4.69) is 5.10 Å². The quantitative estimate of drug-likeness (QED) is 0.723. The molecular formula is C18H23N5O. The highest BCUT2D eigenvalue weighted by atomic mass is 16.2. The summed E-state index contributed by atoms with van der Waals surface area (Å²) in [4.78, 5) is 20.9. The molecule has 2 aromatic heterocycles. The predicted molar refractivity (Wildman–Crippen MR) is 96.4 cm³/mol. The summed E-state index contributed by atoms with van der Waals surface area (Å²) in [6, 6.07) is 9.97. The fourth-order valence-corrected chi connectivity index (χ4v) is 3.00. The van der Waals surface area contributed by atoms with E-state index < -0.39 is 0 Å². The molecule has 0 spiro atoms. The molecule has 0 aliphatic heterocycles. The standard InChI is InChI=1S/C18H23N5O/c1-5-22(6-2)17(24)12-21(4)18-14-9-7-8-10-15(14)23-16(19-18)11-13(3)20-23/h7-11H,5-6,12H2,1-4H3. The van der Waals surface area contributed by atoms with Crippen LogP contribution in [0.2, 0.25) is 0 Å². The largest absolute Gasteiger partial charge is 0.350 e. The summed E-state index contributed by atoms with van der Waals surface area (Å²) in [5, 5.41) is 5.51. The van der Waals surface area contributed by atoms with Crippen LogP contribution in [0.25, 0.3) is 16.6 Å². The number of carbonyl (C=O) groups excluding carboxylic acids is 1. The number of anilines is 1. The highest BCUT2D eigenvalue weighted by molar-refractivity contribution is 5.93. The van der Waals surface area contributed by atoms with Crippen LogP contribution < -0.4 is 4.90 Å². The second-order valence-corrected chi connectivity index (χ2v) is 5.93. The zero-order chi connectivity index (χ0) is 17.3. The van der Waals surface area contributed by atoms with E-state index in [1.54, 1.807) is 0 Å². The second kappa shape index (κ2) is 6.47. The Morgan fingerprint density at radius 1 is 1.21 bits per heavy atom. The molecule has 126 valence electrons. The number of amides is 1. The molecule has 2 heterocycles. The van der Waals surface area contributed by atoms with Crippen molar-refractivity contribution in [3.63, 3.8) is 0 Å². The van der Waals surface area contributed by atoms with Crippen LogP contribution in [0, 0.1) is 6.92 Å². The highest BCUT2D eigenvalue weighted by Gasteiger charge is 2.17. The molecule has 0 fully saturated rings. The first-order valence-corrected chi connectivity index (χ1v) is 8.29. The second-order valence-electron chi connectivity index (χ2n) is 5.93. The molecule has 6 nitrogen and oxygen atoms in total. The van der Waals surface area contributed by atoms with Gasteiger partial charge in [-0.2, -0.15) is 5.10 Å². The van der Waals surface area contributed by atoms with E-state index in [9.17, 15) is 4.79 Å². The lowest BCUT2D eigenvalue weighted by Gasteiger charge is -2.24. The maximum Gasteiger partial charge on any atom is 0.242 e. The number of likely N-dealkylation sites (N-methyl/N-ethyl adjacent to an activating group) is 2. The Morgan fingerprint density at radius 2 is 1.92 bits per heavy atom. The molecular weight excluding hydrogens is 302 g/mol. The molecule has 0 aliphatic carbocycles. The van der Waals surface area contributed by atoms with Crippen molar-refractivity contribution in [3.05, 3.63) is 36.0 Å². The Bertz CT molecular complexity index is 882. The molecule has 0 atom stereocenters. The number of hydrogen-bond donors (Lipinski definition) is 0. The van der Waals surface area contributed by atoms with E-state index in [4.69, 9.17) is 4.98 Å². The fraction of sp³-hybridized carbons (Fsp3) is 0.389. The summed E-state index contributed by atoms with van der Waals surface area (Å²) in [5.41, 5.74) is 2.71. The number of rotatable bonds is 5. The number of benzene rings is 1. The van der Waals surface area contributed by atoms with Crippen molar-refractivity contribution in [2.75, 3.05) is 31.6 Å². The molecule has 0 radical (unpaired) electrons. The number of carbonyl (C=O) groups is 1. The average molecular weight is 325 g/mol. The third-order valence-electron chi connectivity index (χ3n) is 4.26. The SMILES string of the molecule is CCN(CC)C(=O)CN(C)c1nc2cc(C)nn2c2ccccc12. The lowest BCUT2D eigenvalue weighted by Crippen LogP contribution is -2.39. The van der Waals surface area contributed by atoms with Crippen LogP contribution in [0.15, 0.2) is 30.3 Å². The molecule has 0 N–H and O–H groups in total. The Balaban J connectivity index is 2.05. The van der Waals surface area contributed by atoms with E-state index in [1.165, 1.54) is 0 Å². The number of aryl methyl sites for hydroxylation is 1. The maximum atomic E-state index is 12.4. The molecule has 0 saturated carbocycles. The van der Waals surface area contributed by atoms with Gasteiger partial charge in [-0.1, -0.05) is 12.1 Å². The summed E-state index contributed by atoms with van der Waals surface area (Å²) >= 11 is 0. The predicted octanol–water partition coefficient (Wildman–Crippen LogP) is 2.50. The van der Waals surface area contributed by atoms with Crippen molar-refractivity contribution in [2.45, 2.75) is 20.8 Å². The maximum absolute atomic E-state index is 12.4. The summed E-state index contributed by atoms with van der Waals surface area (Å²) in [6.07, 6.45) is 0. The van der Waals surface area contributed by atoms with Crippen molar-refractivity contribution in [1.29, 1.82) is 0 Å². The first-order chi connectivity index (χ1) is 11.5. The van der Waals surface area contributed by atoms with E-state index in [-0.39, 0.29) is 5.91 Å². The van der Waals surface area contributed by atoms with Crippen molar-refractivity contribution in [1.82, 2.24) is 19.5 Å². The van der Waals surface area contributed by atoms with E-state index in [0.29, 0.717) is 6.54 Å². The van der Waals surface area contributed by atoms with Gasteiger partial charge in [0.15, 0.2) is 5.65 Å². The molecule has 0 unspecified atom stereocenters. The molecule has 1 aromatic carbocycles. The van der Waals surface area contributed by atoms with Gasteiger partial charge >= 0.3 is 0 Å². The van der Waals surface area contributed by atoms with Crippen LogP contribution in [0.4, 0.5) is 5.82 Å². The van der Waals surface area contributed by atoms with Crippen LogP contribution >= 0.6 is 0 Å². The topological polar surface area (TPSA) is 53.7 Å². The van der Waals surface area contributed by atoms with Crippen LogP contribution in [0.5, 0.6) is 0 Å². The van der Waals surface area contributed by atoms with Gasteiger partial charge < -0.3 is 9.80 Å². The van der Waals surface area contributed by atoms with Gasteiger partial charge in [-0.15, -0.1) is 0 Å². The van der Waals surface area contributed by atoms with Crippen LogP contribution in [-0.4, -0.2) is 52.1 Å². The molecule has 3 rings (SSSR count). The lowest BCUT2D eigenvalue weighted by atomic mass is 10.2.